The quantitative estimate of drug-likeness (QED) is 0.638. The fraction of sp³-hybridized carbons (Fsp3) is 0.429. The molecule has 1 saturated carbocycles. The standard InChI is InChI=1S/C14H16N2O5/c1-9(14(18)19)8-15(13(17)10-5-6-10)11-3-2-4-12(7-11)16(20)21/h2-4,7,9-10H,5-6,8H2,1H3,(H,18,19). The third-order valence-electron chi connectivity index (χ3n) is 3.42. The Hall–Kier alpha value is -2.44. The van der Waals surface area contributed by atoms with Crippen molar-refractivity contribution in [1.29, 1.82) is 0 Å². The number of amides is 1. The van der Waals surface area contributed by atoms with Gasteiger partial charge >= 0.3 is 5.97 Å². The summed E-state index contributed by atoms with van der Waals surface area (Å²) in [6, 6.07) is 5.71. The van der Waals surface area contributed by atoms with E-state index in [9.17, 15) is 19.7 Å². The fourth-order valence-corrected chi connectivity index (χ4v) is 2.00. The number of non-ortho nitro benzene ring substituents is 1. The third kappa shape index (κ3) is 3.56. The van der Waals surface area contributed by atoms with Gasteiger partial charge in [-0.05, 0) is 18.9 Å². The van der Waals surface area contributed by atoms with Gasteiger partial charge in [-0.25, -0.2) is 0 Å². The predicted octanol–water partition coefficient (Wildman–Crippen LogP) is 2.06. The van der Waals surface area contributed by atoms with E-state index < -0.39 is 16.8 Å². The SMILES string of the molecule is CC(CN(C(=O)C1CC1)c1cccc([N+](=O)[O-])c1)C(=O)O. The van der Waals surface area contributed by atoms with E-state index in [1.807, 2.05) is 0 Å². The number of carbonyl (C=O) groups excluding carboxylic acids is 1. The zero-order valence-corrected chi connectivity index (χ0v) is 11.6. The van der Waals surface area contributed by atoms with Crippen LogP contribution in [0.25, 0.3) is 0 Å². The predicted molar refractivity (Wildman–Crippen MR) is 75.0 cm³/mol. The number of anilines is 1. The molecular weight excluding hydrogens is 276 g/mol. The van der Waals surface area contributed by atoms with Crippen molar-refractivity contribution in [2.75, 3.05) is 11.4 Å². The van der Waals surface area contributed by atoms with Crippen molar-refractivity contribution >= 4 is 23.3 Å². The summed E-state index contributed by atoms with van der Waals surface area (Å²) in [4.78, 5) is 35.0. The topological polar surface area (TPSA) is 101 Å². The highest BCUT2D eigenvalue weighted by Gasteiger charge is 2.35. The number of carboxylic acid groups (broad SMARTS) is 1. The highest BCUT2D eigenvalue weighted by atomic mass is 16.6. The first-order valence-electron chi connectivity index (χ1n) is 6.68. The Morgan fingerprint density at radius 1 is 1.48 bits per heavy atom. The van der Waals surface area contributed by atoms with Gasteiger partial charge in [-0.2, -0.15) is 0 Å². The zero-order chi connectivity index (χ0) is 15.6. The van der Waals surface area contributed by atoms with Gasteiger partial charge in [0, 0.05) is 24.6 Å². The molecule has 0 radical (unpaired) electrons. The van der Waals surface area contributed by atoms with Gasteiger partial charge in [0.25, 0.3) is 5.69 Å². The van der Waals surface area contributed by atoms with E-state index in [0.29, 0.717) is 5.69 Å². The lowest BCUT2D eigenvalue weighted by Crippen LogP contribution is -2.38. The van der Waals surface area contributed by atoms with Crippen LogP contribution in [0.5, 0.6) is 0 Å². The Bertz CT molecular complexity index is 582. The molecule has 0 aliphatic heterocycles. The lowest BCUT2D eigenvalue weighted by Gasteiger charge is -2.24. The van der Waals surface area contributed by atoms with E-state index in [-0.39, 0.29) is 24.1 Å². The summed E-state index contributed by atoms with van der Waals surface area (Å²) >= 11 is 0. The Morgan fingerprint density at radius 2 is 2.14 bits per heavy atom. The van der Waals surface area contributed by atoms with Crippen LogP contribution in [0.2, 0.25) is 0 Å². The number of carbonyl (C=O) groups is 2. The number of hydrogen-bond acceptors (Lipinski definition) is 4. The monoisotopic (exact) mass is 292 g/mol. The zero-order valence-electron chi connectivity index (χ0n) is 11.6. The molecule has 1 amide bonds. The minimum atomic E-state index is -1.01. The molecule has 21 heavy (non-hydrogen) atoms. The molecule has 1 fully saturated rings. The summed E-state index contributed by atoms with van der Waals surface area (Å²) in [6.07, 6.45) is 1.57. The van der Waals surface area contributed by atoms with Crippen LogP contribution < -0.4 is 4.90 Å². The van der Waals surface area contributed by atoms with E-state index in [2.05, 4.69) is 0 Å². The summed E-state index contributed by atoms with van der Waals surface area (Å²) in [6.45, 7) is 1.51. The lowest BCUT2D eigenvalue weighted by atomic mass is 10.1. The molecule has 7 heteroatoms. The Kier molecular flexibility index (Phi) is 4.21. The maximum absolute atomic E-state index is 12.3. The first-order chi connectivity index (χ1) is 9.90. The Morgan fingerprint density at radius 3 is 2.67 bits per heavy atom. The second kappa shape index (κ2) is 5.90. The summed E-state index contributed by atoms with van der Waals surface area (Å²) in [7, 11) is 0. The van der Waals surface area contributed by atoms with Crippen molar-refractivity contribution < 1.29 is 19.6 Å². The van der Waals surface area contributed by atoms with Crippen LogP contribution in [-0.4, -0.2) is 28.5 Å². The maximum Gasteiger partial charge on any atom is 0.308 e. The summed E-state index contributed by atoms with van der Waals surface area (Å²) in [5, 5.41) is 19.8. The molecule has 1 aliphatic carbocycles. The van der Waals surface area contributed by atoms with Crippen LogP contribution in [0.3, 0.4) is 0 Å². The van der Waals surface area contributed by atoms with Crippen LogP contribution in [0, 0.1) is 22.0 Å². The molecule has 0 aromatic heterocycles. The minimum Gasteiger partial charge on any atom is -0.481 e. The molecule has 2 rings (SSSR count). The van der Waals surface area contributed by atoms with Crippen molar-refractivity contribution in [3.63, 3.8) is 0 Å². The molecule has 7 nitrogen and oxygen atoms in total. The van der Waals surface area contributed by atoms with E-state index in [1.165, 1.54) is 30.0 Å². The van der Waals surface area contributed by atoms with Gasteiger partial charge in [0.05, 0.1) is 16.5 Å². The molecule has 0 saturated heterocycles. The normalized spacial score (nSPS) is 15.3. The highest BCUT2D eigenvalue weighted by Crippen LogP contribution is 2.33. The molecule has 0 spiro atoms. The molecule has 0 heterocycles. The van der Waals surface area contributed by atoms with E-state index >= 15 is 0 Å². The number of benzene rings is 1. The molecular formula is C14H16N2O5. The second-order valence-corrected chi connectivity index (χ2v) is 5.24. The molecule has 1 aromatic rings. The number of hydrogen-bond donors (Lipinski definition) is 1. The molecule has 1 atom stereocenters. The lowest BCUT2D eigenvalue weighted by molar-refractivity contribution is -0.384. The number of nitro groups is 1. The van der Waals surface area contributed by atoms with Crippen LogP contribution in [0.1, 0.15) is 19.8 Å². The summed E-state index contributed by atoms with van der Waals surface area (Å²) in [5.41, 5.74) is 0.248. The first kappa shape index (κ1) is 15.0. The third-order valence-corrected chi connectivity index (χ3v) is 3.42. The molecule has 0 bridgehead atoms. The van der Waals surface area contributed by atoms with Crippen molar-refractivity contribution in [2.45, 2.75) is 19.8 Å². The van der Waals surface area contributed by atoms with Crippen molar-refractivity contribution in [1.82, 2.24) is 0 Å². The largest absolute Gasteiger partial charge is 0.481 e. The van der Waals surface area contributed by atoms with Crippen LogP contribution in [-0.2, 0) is 9.59 Å². The average molecular weight is 292 g/mol. The molecule has 1 aliphatic rings. The van der Waals surface area contributed by atoms with Gasteiger partial charge in [-0.3, -0.25) is 19.7 Å². The smallest absolute Gasteiger partial charge is 0.308 e. The molecule has 1 N–H and O–H groups in total. The Labute approximate surface area is 121 Å². The van der Waals surface area contributed by atoms with Gasteiger partial charge in [0.15, 0.2) is 0 Å². The summed E-state index contributed by atoms with van der Waals surface area (Å²) < 4.78 is 0. The average Bonchev–Trinajstić information content (AvgIpc) is 3.28. The molecule has 1 aromatic carbocycles. The van der Waals surface area contributed by atoms with Gasteiger partial charge < -0.3 is 10.0 Å². The number of nitro benzene ring substituents is 1. The highest BCUT2D eigenvalue weighted by molar-refractivity contribution is 5.97. The fourth-order valence-electron chi connectivity index (χ4n) is 2.00. The van der Waals surface area contributed by atoms with Gasteiger partial charge in [-0.1, -0.05) is 13.0 Å². The van der Waals surface area contributed by atoms with E-state index in [4.69, 9.17) is 5.11 Å². The van der Waals surface area contributed by atoms with Crippen LogP contribution in [0.15, 0.2) is 24.3 Å². The second-order valence-electron chi connectivity index (χ2n) is 5.24. The maximum atomic E-state index is 12.3. The van der Waals surface area contributed by atoms with Gasteiger partial charge in [0.1, 0.15) is 0 Å². The van der Waals surface area contributed by atoms with Crippen LogP contribution >= 0.6 is 0 Å². The van der Waals surface area contributed by atoms with Crippen LogP contribution in [0.4, 0.5) is 11.4 Å². The van der Waals surface area contributed by atoms with E-state index in [0.717, 1.165) is 12.8 Å². The van der Waals surface area contributed by atoms with Gasteiger partial charge in [0.2, 0.25) is 5.91 Å². The van der Waals surface area contributed by atoms with Crippen molar-refractivity contribution in [2.24, 2.45) is 11.8 Å². The molecule has 112 valence electrons. The van der Waals surface area contributed by atoms with Crippen molar-refractivity contribution in [3.05, 3.63) is 34.4 Å². The summed E-state index contributed by atoms with van der Waals surface area (Å²) in [5.74, 6) is -2.00. The number of carboxylic acids is 1. The number of rotatable bonds is 6. The van der Waals surface area contributed by atoms with Gasteiger partial charge in [-0.15, -0.1) is 0 Å². The number of nitrogens with zero attached hydrogens (tertiary/aromatic N) is 2. The Balaban J connectivity index is 2.29. The number of aliphatic carboxylic acids is 1. The molecule has 1 unspecified atom stereocenters. The first-order valence-corrected chi connectivity index (χ1v) is 6.68. The minimum absolute atomic E-state index is 0.00579. The van der Waals surface area contributed by atoms with Crippen molar-refractivity contribution in [3.8, 4) is 0 Å². The van der Waals surface area contributed by atoms with E-state index in [1.54, 1.807) is 6.07 Å².